The number of hydrogen-bond acceptors (Lipinski definition) is 3. The molecule has 8 heteroatoms. The SMILES string of the molecule is CC(C)CC(=O)N1Cc2ccccc2CC1C(=O)N1CCN(C(=O)c2ccc(F)cc2Cl)CC1. The third-order valence-corrected chi connectivity index (χ3v) is 6.79. The van der Waals surface area contributed by atoms with Gasteiger partial charge in [0.15, 0.2) is 0 Å². The van der Waals surface area contributed by atoms with Crippen LogP contribution in [0.4, 0.5) is 4.39 Å². The van der Waals surface area contributed by atoms with Crippen molar-refractivity contribution in [2.24, 2.45) is 5.92 Å². The molecule has 0 bridgehead atoms. The van der Waals surface area contributed by atoms with Gasteiger partial charge in [0.2, 0.25) is 11.8 Å². The number of amides is 3. The largest absolute Gasteiger partial charge is 0.337 e. The first kappa shape index (κ1) is 24.2. The molecule has 1 unspecified atom stereocenters. The fourth-order valence-corrected chi connectivity index (χ4v) is 4.89. The molecular formula is C26H29ClFN3O3. The van der Waals surface area contributed by atoms with Gasteiger partial charge in [-0.3, -0.25) is 14.4 Å². The second kappa shape index (κ2) is 10.1. The van der Waals surface area contributed by atoms with Crippen molar-refractivity contribution in [3.8, 4) is 0 Å². The smallest absolute Gasteiger partial charge is 0.255 e. The van der Waals surface area contributed by atoms with Gasteiger partial charge in [-0.1, -0.05) is 49.7 Å². The topological polar surface area (TPSA) is 60.9 Å². The first-order valence-corrected chi connectivity index (χ1v) is 12.0. The predicted octanol–water partition coefficient (Wildman–Crippen LogP) is 3.76. The van der Waals surface area contributed by atoms with Crippen LogP contribution in [0.3, 0.4) is 0 Å². The molecule has 2 heterocycles. The molecule has 6 nitrogen and oxygen atoms in total. The monoisotopic (exact) mass is 485 g/mol. The highest BCUT2D eigenvalue weighted by Gasteiger charge is 2.38. The Kier molecular flexibility index (Phi) is 7.22. The number of benzene rings is 2. The molecule has 0 aliphatic carbocycles. The number of halogens is 2. The van der Waals surface area contributed by atoms with E-state index in [0.29, 0.717) is 45.6 Å². The van der Waals surface area contributed by atoms with E-state index in [-0.39, 0.29) is 34.2 Å². The summed E-state index contributed by atoms with van der Waals surface area (Å²) in [5, 5.41) is 0.0729. The maximum absolute atomic E-state index is 13.6. The van der Waals surface area contributed by atoms with Crippen LogP contribution in [0.5, 0.6) is 0 Å². The molecule has 0 saturated carbocycles. The molecule has 2 aliphatic heterocycles. The van der Waals surface area contributed by atoms with Gasteiger partial charge in [0, 0.05) is 45.6 Å². The summed E-state index contributed by atoms with van der Waals surface area (Å²) in [4.78, 5) is 44.5. The van der Waals surface area contributed by atoms with Crippen LogP contribution in [0.25, 0.3) is 0 Å². The number of rotatable bonds is 4. The number of nitrogens with zero attached hydrogens (tertiary/aromatic N) is 3. The lowest BCUT2D eigenvalue weighted by Gasteiger charge is -2.41. The van der Waals surface area contributed by atoms with Gasteiger partial charge in [0.1, 0.15) is 11.9 Å². The molecule has 0 N–H and O–H groups in total. The fraction of sp³-hybridized carbons (Fsp3) is 0.423. The third kappa shape index (κ3) is 5.09. The summed E-state index contributed by atoms with van der Waals surface area (Å²) in [5.41, 5.74) is 2.42. The first-order chi connectivity index (χ1) is 16.2. The molecule has 4 rings (SSSR count). The van der Waals surface area contributed by atoms with Crippen LogP contribution in [-0.4, -0.2) is 64.6 Å². The highest BCUT2D eigenvalue weighted by atomic mass is 35.5. The molecule has 2 aromatic carbocycles. The molecule has 1 atom stereocenters. The van der Waals surface area contributed by atoms with E-state index in [2.05, 4.69) is 0 Å². The molecule has 180 valence electrons. The Labute approximate surface area is 204 Å². The molecule has 3 amide bonds. The summed E-state index contributed by atoms with van der Waals surface area (Å²) in [6.45, 7) is 5.86. The van der Waals surface area contributed by atoms with Crippen molar-refractivity contribution in [3.63, 3.8) is 0 Å². The third-order valence-electron chi connectivity index (χ3n) is 6.48. The molecule has 1 saturated heterocycles. The molecule has 2 aromatic rings. The van der Waals surface area contributed by atoms with Gasteiger partial charge >= 0.3 is 0 Å². The normalized spacial score (nSPS) is 18.1. The van der Waals surface area contributed by atoms with Gasteiger partial charge in [0.05, 0.1) is 10.6 Å². The van der Waals surface area contributed by atoms with E-state index in [1.54, 1.807) is 14.7 Å². The maximum Gasteiger partial charge on any atom is 0.255 e. The van der Waals surface area contributed by atoms with E-state index in [9.17, 15) is 18.8 Å². The number of fused-ring (bicyclic) bond motifs is 1. The summed E-state index contributed by atoms with van der Waals surface area (Å²) < 4.78 is 13.3. The van der Waals surface area contributed by atoms with Crippen LogP contribution in [0, 0.1) is 11.7 Å². The second-order valence-electron chi connectivity index (χ2n) is 9.35. The number of carbonyl (C=O) groups excluding carboxylic acids is 3. The zero-order chi connectivity index (χ0) is 24.4. The lowest BCUT2D eigenvalue weighted by molar-refractivity contribution is -0.148. The van der Waals surface area contributed by atoms with Gasteiger partial charge in [-0.05, 0) is 35.2 Å². The molecule has 2 aliphatic rings. The zero-order valence-electron chi connectivity index (χ0n) is 19.5. The average molecular weight is 486 g/mol. The fourth-order valence-electron chi connectivity index (χ4n) is 4.65. The lowest BCUT2D eigenvalue weighted by Crippen LogP contribution is -2.58. The number of hydrogen-bond donors (Lipinski definition) is 0. The quantitative estimate of drug-likeness (QED) is 0.662. The first-order valence-electron chi connectivity index (χ1n) is 11.6. The van der Waals surface area contributed by atoms with Crippen molar-refractivity contribution in [1.82, 2.24) is 14.7 Å². The van der Waals surface area contributed by atoms with Gasteiger partial charge in [-0.25, -0.2) is 4.39 Å². The number of carbonyl (C=O) groups is 3. The van der Waals surface area contributed by atoms with E-state index >= 15 is 0 Å². The zero-order valence-corrected chi connectivity index (χ0v) is 20.2. The lowest BCUT2D eigenvalue weighted by atomic mass is 9.92. The molecule has 0 spiro atoms. The Hall–Kier alpha value is -2.93. The van der Waals surface area contributed by atoms with E-state index in [0.717, 1.165) is 17.2 Å². The highest BCUT2D eigenvalue weighted by Crippen LogP contribution is 2.27. The van der Waals surface area contributed by atoms with E-state index in [1.165, 1.54) is 12.1 Å². The Morgan fingerprint density at radius 1 is 1.00 bits per heavy atom. The van der Waals surface area contributed by atoms with E-state index in [4.69, 9.17) is 11.6 Å². The maximum atomic E-state index is 13.6. The summed E-state index contributed by atoms with van der Waals surface area (Å²) in [6.07, 6.45) is 0.885. The van der Waals surface area contributed by atoms with Crippen LogP contribution in [0.1, 0.15) is 41.8 Å². The second-order valence-corrected chi connectivity index (χ2v) is 9.76. The van der Waals surface area contributed by atoms with Crippen molar-refractivity contribution in [3.05, 3.63) is 70.0 Å². The van der Waals surface area contributed by atoms with Crippen LogP contribution in [-0.2, 0) is 22.6 Å². The summed E-state index contributed by atoms with van der Waals surface area (Å²) in [6, 6.07) is 11.1. The van der Waals surface area contributed by atoms with Crippen molar-refractivity contribution in [2.45, 2.75) is 39.3 Å². The predicted molar refractivity (Wildman–Crippen MR) is 128 cm³/mol. The Bertz CT molecular complexity index is 1100. The molecule has 0 radical (unpaired) electrons. The molecule has 34 heavy (non-hydrogen) atoms. The highest BCUT2D eigenvalue weighted by molar-refractivity contribution is 6.33. The van der Waals surface area contributed by atoms with Gasteiger partial charge in [0.25, 0.3) is 5.91 Å². The summed E-state index contributed by atoms with van der Waals surface area (Å²) >= 11 is 6.06. The van der Waals surface area contributed by atoms with Crippen molar-refractivity contribution < 1.29 is 18.8 Å². The van der Waals surface area contributed by atoms with Crippen LogP contribution >= 0.6 is 11.6 Å². The minimum Gasteiger partial charge on any atom is -0.337 e. The van der Waals surface area contributed by atoms with Crippen LogP contribution < -0.4 is 0 Å². The summed E-state index contributed by atoms with van der Waals surface area (Å²) in [5.74, 6) is -0.672. The minimum atomic E-state index is -0.546. The van der Waals surface area contributed by atoms with Crippen LogP contribution in [0.2, 0.25) is 5.02 Å². The summed E-state index contributed by atoms with van der Waals surface area (Å²) in [7, 11) is 0. The minimum absolute atomic E-state index is 0.0115. The standard InChI is InChI=1S/C26H29ClFN3O3/c1-17(2)13-24(32)31-16-19-6-4-3-5-18(19)14-23(31)26(34)30-11-9-29(10-12-30)25(33)21-8-7-20(28)15-22(21)27/h3-8,15,17,23H,9-14,16H2,1-2H3. The van der Waals surface area contributed by atoms with Gasteiger partial charge in [-0.2, -0.15) is 0 Å². The van der Waals surface area contributed by atoms with Crippen molar-refractivity contribution in [2.75, 3.05) is 26.2 Å². The molecular weight excluding hydrogens is 457 g/mol. The van der Waals surface area contributed by atoms with Gasteiger partial charge < -0.3 is 14.7 Å². The van der Waals surface area contributed by atoms with E-state index < -0.39 is 11.9 Å². The Morgan fingerprint density at radius 3 is 2.29 bits per heavy atom. The Morgan fingerprint density at radius 2 is 1.65 bits per heavy atom. The van der Waals surface area contributed by atoms with Gasteiger partial charge in [-0.15, -0.1) is 0 Å². The van der Waals surface area contributed by atoms with Crippen molar-refractivity contribution in [1.29, 1.82) is 0 Å². The van der Waals surface area contributed by atoms with Crippen LogP contribution in [0.15, 0.2) is 42.5 Å². The van der Waals surface area contributed by atoms with Crippen molar-refractivity contribution >= 4 is 29.3 Å². The molecule has 1 fully saturated rings. The average Bonchev–Trinajstić information content (AvgIpc) is 2.82. The molecule has 0 aromatic heterocycles. The Balaban J connectivity index is 1.46. The number of piperazine rings is 1. The van der Waals surface area contributed by atoms with E-state index in [1.807, 2.05) is 38.1 Å².